The van der Waals surface area contributed by atoms with Crippen LogP contribution in [0.4, 0.5) is 5.00 Å². The normalized spacial score (nSPS) is 16.5. The number of thiophene rings is 1. The molecule has 1 aliphatic carbocycles. The predicted molar refractivity (Wildman–Crippen MR) is 90.2 cm³/mol. The molecule has 3 rings (SSSR count). The summed E-state index contributed by atoms with van der Waals surface area (Å²) in [5.74, 6) is 0.561. The van der Waals surface area contributed by atoms with Gasteiger partial charge in [-0.1, -0.05) is 13.0 Å². The first kappa shape index (κ1) is 15.7. The van der Waals surface area contributed by atoms with Crippen LogP contribution in [0, 0.1) is 24.2 Å². The average Bonchev–Trinajstić information content (AvgIpc) is 2.85. The molecule has 118 valence electrons. The van der Waals surface area contributed by atoms with E-state index in [9.17, 15) is 10.1 Å². The molecular formula is C18H20N3OS+. The van der Waals surface area contributed by atoms with Crippen molar-refractivity contribution in [3.63, 3.8) is 0 Å². The van der Waals surface area contributed by atoms with Gasteiger partial charge in [0.15, 0.2) is 11.9 Å². The maximum absolute atomic E-state index is 12.3. The van der Waals surface area contributed by atoms with Crippen LogP contribution in [0.2, 0.25) is 0 Å². The largest absolute Gasteiger partial charge is 0.311 e. The molecule has 2 aromatic heterocycles. The molecule has 1 N–H and O–H groups in total. The van der Waals surface area contributed by atoms with Gasteiger partial charge in [0.2, 0.25) is 6.54 Å². The van der Waals surface area contributed by atoms with E-state index in [1.807, 2.05) is 35.9 Å². The van der Waals surface area contributed by atoms with Gasteiger partial charge in [-0.3, -0.25) is 4.79 Å². The number of carbonyl (C=O) groups excluding carboxylic acids is 1. The number of pyridine rings is 1. The van der Waals surface area contributed by atoms with E-state index in [2.05, 4.69) is 18.3 Å². The van der Waals surface area contributed by atoms with Crippen LogP contribution in [0.15, 0.2) is 24.4 Å². The molecule has 1 atom stereocenters. The monoisotopic (exact) mass is 326 g/mol. The Morgan fingerprint density at radius 2 is 2.35 bits per heavy atom. The van der Waals surface area contributed by atoms with Crippen molar-refractivity contribution in [2.24, 2.45) is 5.92 Å². The number of aromatic nitrogens is 1. The van der Waals surface area contributed by atoms with Gasteiger partial charge in [0.25, 0.3) is 5.91 Å². The van der Waals surface area contributed by atoms with Crippen molar-refractivity contribution in [3.05, 3.63) is 46.1 Å². The lowest BCUT2D eigenvalue weighted by Gasteiger charge is -2.17. The lowest BCUT2D eigenvalue weighted by atomic mass is 9.89. The quantitative estimate of drug-likeness (QED) is 0.882. The highest BCUT2D eigenvalue weighted by molar-refractivity contribution is 7.16. The smallest absolute Gasteiger partial charge is 0.290 e. The van der Waals surface area contributed by atoms with Gasteiger partial charge in [-0.2, -0.15) is 9.83 Å². The zero-order chi connectivity index (χ0) is 16.4. The van der Waals surface area contributed by atoms with Crippen LogP contribution < -0.4 is 9.88 Å². The number of nitrogens with zero attached hydrogens (tertiary/aromatic N) is 2. The number of hydrogen-bond acceptors (Lipinski definition) is 3. The molecule has 5 heteroatoms. The van der Waals surface area contributed by atoms with Gasteiger partial charge < -0.3 is 5.32 Å². The molecule has 1 amide bonds. The molecule has 2 heterocycles. The maximum Gasteiger partial charge on any atom is 0.290 e. The summed E-state index contributed by atoms with van der Waals surface area (Å²) in [5, 5.41) is 13.1. The van der Waals surface area contributed by atoms with E-state index in [0.717, 1.165) is 30.5 Å². The van der Waals surface area contributed by atoms with E-state index in [4.69, 9.17) is 0 Å². The van der Waals surface area contributed by atoms with Crippen LogP contribution in [0.3, 0.4) is 0 Å². The van der Waals surface area contributed by atoms with Gasteiger partial charge in [0.1, 0.15) is 11.1 Å². The Balaban J connectivity index is 1.79. The lowest BCUT2D eigenvalue weighted by Crippen LogP contribution is -2.42. The molecule has 0 bridgehead atoms. The van der Waals surface area contributed by atoms with Crippen LogP contribution in [0.25, 0.3) is 0 Å². The fourth-order valence-corrected chi connectivity index (χ4v) is 4.39. The summed E-state index contributed by atoms with van der Waals surface area (Å²) < 4.78 is 1.90. The first-order chi connectivity index (χ1) is 11.1. The molecule has 0 unspecified atom stereocenters. The van der Waals surface area contributed by atoms with Crippen LogP contribution in [0.1, 0.15) is 35.0 Å². The topological polar surface area (TPSA) is 56.8 Å². The van der Waals surface area contributed by atoms with Crippen LogP contribution in [-0.2, 0) is 24.2 Å². The molecular weight excluding hydrogens is 306 g/mol. The molecule has 0 saturated carbocycles. The van der Waals surface area contributed by atoms with E-state index < -0.39 is 0 Å². The summed E-state index contributed by atoms with van der Waals surface area (Å²) in [6.07, 6.45) is 4.96. The Hall–Kier alpha value is -2.19. The van der Waals surface area contributed by atoms with Crippen molar-refractivity contribution in [1.82, 2.24) is 0 Å². The van der Waals surface area contributed by atoms with E-state index in [0.29, 0.717) is 16.5 Å². The van der Waals surface area contributed by atoms with Crippen molar-refractivity contribution in [3.8, 4) is 6.07 Å². The molecule has 0 spiro atoms. The number of fused-ring (bicyclic) bond motifs is 1. The average molecular weight is 326 g/mol. The van der Waals surface area contributed by atoms with Crippen LogP contribution in [0.5, 0.6) is 0 Å². The Morgan fingerprint density at radius 1 is 1.52 bits per heavy atom. The van der Waals surface area contributed by atoms with E-state index in [-0.39, 0.29) is 12.5 Å². The highest BCUT2D eigenvalue weighted by atomic mass is 32.1. The van der Waals surface area contributed by atoms with Crippen LogP contribution in [-0.4, -0.2) is 5.91 Å². The zero-order valence-electron chi connectivity index (χ0n) is 13.4. The molecule has 0 aromatic carbocycles. The number of carbonyl (C=O) groups is 1. The summed E-state index contributed by atoms with van der Waals surface area (Å²) in [6, 6.07) is 8.12. The Labute approximate surface area is 140 Å². The summed E-state index contributed by atoms with van der Waals surface area (Å²) in [4.78, 5) is 13.6. The van der Waals surface area contributed by atoms with Crippen molar-refractivity contribution in [1.29, 1.82) is 5.26 Å². The van der Waals surface area contributed by atoms with Crippen molar-refractivity contribution < 1.29 is 9.36 Å². The number of nitriles is 1. The lowest BCUT2D eigenvalue weighted by molar-refractivity contribution is -0.690. The number of hydrogen-bond donors (Lipinski definition) is 1. The fourth-order valence-electron chi connectivity index (χ4n) is 3.02. The zero-order valence-corrected chi connectivity index (χ0v) is 14.2. The maximum atomic E-state index is 12.3. The molecule has 0 saturated heterocycles. The molecule has 0 fully saturated rings. The SMILES string of the molecule is Cc1cccc[n+]1CC(=O)Nc1sc2c(c1C#N)CC[C@@H](C)C2. The predicted octanol–water partition coefficient (Wildman–Crippen LogP) is 2.98. The van der Waals surface area contributed by atoms with Gasteiger partial charge >= 0.3 is 0 Å². The third-order valence-corrected chi connectivity index (χ3v) is 5.53. The summed E-state index contributed by atoms with van der Waals surface area (Å²) in [7, 11) is 0. The van der Waals surface area contributed by atoms with Gasteiger partial charge in [-0.05, 0) is 30.7 Å². The minimum atomic E-state index is -0.0903. The van der Waals surface area contributed by atoms with Gasteiger partial charge in [0.05, 0.1) is 5.56 Å². The van der Waals surface area contributed by atoms with Crippen molar-refractivity contribution >= 4 is 22.2 Å². The van der Waals surface area contributed by atoms with Crippen molar-refractivity contribution in [2.75, 3.05) is 5.32 Å². The van der Waals surface area contributed by atoms with Crippen molar-refractivity contribution in [2.45, 2.75) is 39.7 Å². The Bertz CT molecular complexity index is 788. The number of rotatable bonds is 3. The highest BCUT2D eigenvalue weighted by Gasteiger charge is 2.25. The van der Waals surface area contributed by atoms with E-state index in [1.54, 1.807) is 11.3 Å². The summed E-state index contributed by atoms with van der Waals surface area (Å²) >= 11 is 1.57. The summed E-state index contributed by atoms with van der Waals surface area (Å²) in [5.41, 5.74) is 2.84. The van der Waals surface area contributed by atoms with Gasteiger partial charge in [0, 0.05) is 23.9 Å². The molecule has 2 aromatic rings. The molecule has 1 aliphatic rings. The molecule has 0 radical (unpaired) electrons. The van der Waals surface area contributed by atoms with Crippen LogP contribution >= 0.6 is 11.3 Å². The second-order valence-electron chi connectivity index (χ2n) is 6.19. The first-order valence-electron chi connectivity index (χ1n) is 7.88. The standard InChI is InChI=1S/C18H19N3OS/c1-12-6-7-14-15(10-19)18(23-16(14)9-12)20-17(22)11-21-8-4-3-5-13(21)2/h3-5,8,12H,6-7,9,11H2,1-2H3/p+1/t12-/m1/s1. The third kappa shape index (κ3) is 3.27. The second-order valence-corrected chi connectivity index (χ2v) is 7.29. The third-order valence-electron chi connectivity index (χ3n) is 4.36. The number of aryl methyl sites for hydroxylation is 1. The van der Waals surface area contributed by atoms with Gasteiger partial charge in [-0.15, -0.1) is 11.3 Å². The Morgan fingerprint density at radius 3 is 3.09 bits per heavy atom. The van der Waals surface area contributed by atoms with E-state index >= 15 is 0 Å². The molecule has 23 heavy (non-hydrogen) atoms. The molecule has 4 nitrogen and oxygen atoms in total. The first-order valence-corrected chi connectivity index (χ1v) is 8.69. The minimum absolute atomic E-state index is 0.0903. The summed E-state index contributed by atoms with van der Waals surface area (Å²) in [6.45, 7) is 4.47. The highest BCUT2D eigenvalue weighted by Crippen LogP contribution is 2.39. The fraction of sp³-hybridized carbons (Fsp3) is 0.389. The molecule has 0 aliphatic heterocycles. The number of anilines is 1. The second kappa shape index (κ2) is 6.51. The van der Waals surface area contributed by atoms with E-state index in [1.165, 1.54) is 4.88 Å². The number of nitrogens with one attached hydrogen (secondary N) is 1. The minimum Gasteiger partial charge on any atom is -0.311 e. The number of amides is 1. The Kier molecular flexibility index (Phi) is 4.44. The van der Waals surface area contributed by atoms with Gasteiger partial charge in [-0.25, -0.2) is 0 Å².